The lowest BCUT2D eigenvalue weighted by atomic mass is 9.98. The number of amides is 2. The van der Waals surface area contributed by atoms with Crippen LogP contribution in [0.5, 0.6) is 0 Å². The Morgan fingerprint density at radius 2 is 1.58 bits per heavy atom. The molecule has 1 aliphatic rings. The summed E-state index contributed by atoms with van der Waals surface area (Å²) in [4.78, 5) is 37.4. The van der Waals surface area contributed by atoms with Crippen molar-refractivity contribution < 1.29 is 29.0 Å². The maximum Gasteiger partial charge on any atom is 0.407 e. The monoisotopic (exact) mass is 454 g/mol. The van der Waals surface area contributed by atoms with Gasteiger partial charge in [0, 0.05) is 13.0 Å². The van der Waals surface area contributed by atoms with Gasteiger partial charge < -0.3 is 24.8 Å². The van der Waals surface area contributed by atoms with Crippen LogP contribution in [0.3, 0.4) is 0 Å². The number of nitrogens with one attached hydrogen (secondary N) is 1. The third kappa shape index (κ3) is 6.10. The van der Waals surface area contributed by atoms with Crippen molar-refractivity contribution in [2.24, 2.45) is 0 Å². The number of alkyl carbamates (subject to hydrolysis) is 1. The normalized spacial score (nSPS) is 13.6. The average Bonchev–Trinajstić information content (AvgIpc) is 3.07. The molecule has 8 heteroatoms. The number of carbonyl (C=O) groups excluding carboxylic acids is 2. The summed E-state index contributed by atoms with van der Waals surface area (Å²) in [5.41, 5.74) is 3.84. The van der Waals surface area contributed by atoms with Gasteiger partial charge in [0.2, 0.25) is 5.91 Å². The number of aliphatic carboxylic acids is 1. The van der Waals surface area contributed by atoms with E-state index in [1.54, 1.807) is 0 Å². The summed E-state index contributed by atoms with van der Waals surface area (Å²) in [6.45, 7) is 4.97. The Kier molecular flexibility index (Phi) is 7.38. The molecule has 0 fully saturated rings. The summed E-state index contributed by atoms with van der Waals surface area (Å²) >= 11 is 0. The predicted molar refractivity (Wildman–Crippen MR) is 123 cm³/mol. The molecule has 0 bridgehead atoms. The lowest BCUT2D eigenvalue weighted by Crippen LogP contribution is -2.51. The number of benzene rings is 2. The molecule has 0 saturated carbocycles. The molecule has 8 nitrogen and oxygen atoms in total. The van der Waals surface area contributed by atoms with Crippen LogP contribution < -0.4 is 5.32 Å². The van der Waals surface area contributed by atoms with Gasteiger partial charge in [-0.2, -0.15) is 0 Å². The lowest BCUT2D eigenvalue weighted by molar-refractivity contribution is -0.145. The second-order valence-electron chi connectivity index (χ2n) is 9.03. The van der Waals surface area contributed by atoms with Gasteiger partial charge in [-0.3, -0.25) is 9.59 Å². The highest BCUT2D eigenvalue weighted by molar-refractivity contribution is 5.88. The second kappa shape index (κ2) is 10.0. The van der Waals surface area contributed by atoms with Gasteiger partial charge >= 0.3 is 12.1 Å². The quantitative estimate of drug-likeness (QED) is 0.634. The zero-order valence-corrected chi connectivity index (χ0v) is 19.3. The van der Waals surface area contributed by atoms with Crippen LogP contribution >= 0.6 is 0 Å². The summed E-state index contributed by atoms with van der Waals surface area (Å²) in [7, 11) is 1.36. The Morgan fingerprint density at radius 3 is 2.09 bits per heavy atom. The van der Waals surface area contributed by atoms with Gasteiger partial charge in [0.1, 0.15) is 19.2 Å². The average molecular weight is 455 g/mol. The van der Waals surface area contributed by atoms with Gasteiger partial charge in [-0.25, -0.2) is 4.79 Å². The topological polar surface area (TPSA) is 105 Å². The first-order valence-electron chi connectivity index (χ1n) is 10.8. The molecule has 0 saturated heterocycles. The van der Waals surface area contributed by atoms with Gasteiger partial charge in [0.25, 0.3) is 0 Å². The zero-order chi connectivity index (χ0) is 24.2. The first kappa shape index (κ1) is 24.3. The molecule has 176 valence electrons. The third-order valence-electron chi connectivity index (χ3n) is 5.37. The van der Waals surface area contributed by atoms with Gasteiger partial charge in [-0.1, -0.05) is 48.5 Å². The molecule has 2 N–H and O–H groups in total. The molecule has 2 aromatic carbocycles. The summed E-state index contributed by atoms with van der Waals surface area (Å²) in [6.07, 6.45) is -0.767. The van der Waals surface area contributed by atoms with Crippen LogP contribution in [0.25, 0.3) is 11.1 Å². The zero-order valence-electron chi connectivity index (χ0n) is 19.3. The smallest absolute Gasteiger partial charge is 0.407 e. The minimum Gasteiger partial charge on any atom is -0.480 e. The van der Waals surface area contributed by atoms with Crippen molar-refractivity contribution in [1.82, 2.24) is 10.2 Å². The fourth-order valence-corrected chi connectivity index (χ4v) is 3.84. The number of ether oxygens (including phenoxy) is 2. The minimum atomic E-state index is -1.15. The fraction of sp³-hybridized carbons (Fsp3) is 0.400. The van der Waals surface area contributed by atoms with Crippen LogP contribution in [-0.2, 0) is 19.1 Å². The summed E-state index contributed by atoms with van der Waals surface area (Å²) < 4.78 is 11.2. The molecule has 1 atom stereocenters. The first-order chi connectivity index (χ1) is 15.6. The van der Waals surface area contributed by atoms with E-state index in [0.717, 1.165) is 27.2 Å². The Bertz CT molecular complexity index is 984. The van der Waals surface area contributed by atoms with Crippen molar-refractivity contribution in [3.05, 3.63) is 59.7 Å². The molecule has 33 heavy (non-hydrogen) atoms. The van der Waals surface area contributed by atoms with E-state index < -0.39 is 36.2 Å². The molecule has 0 radical (unpaired) electrons. The molecule has 0 aliphatic heterocycles. The number of nitrogens with zero attached hydrogens (tertiary/aromatic N) is 1. The minimum absolute atomic E-state index is 0.103. The van der Waals surface area contributed by atoms with E-state index in [4.69, 9.17) is 14.6 Å². The highest BCUT2D eigenvalue weighted by Crippen LogP contribution is 2.44. The van der Waals surface area contributed by atoms with Crippen molar-refractivity contribution in [2.75, 3.05) is 26.8 Å². The van der Waals surface area contributed by atoms with E-state index in [9.17, 15) is 14.4 Å². The molecule has 3 rings (SSSR count). The van der Waals surface area contributed by atoms with E-state index in [-0.39, 0.29) is 19.1 Å². The largest absolute Gasteiger partial charge is 0.480 e. The van der Waals surface area contributed by atoms with Crippen LogP contribution in [0.2, 0.25) is 0 Å². The standard InChI is InChI=1S/C25H30N2O6/c1-25(2,3)33-15-21(23(30)27(4)13-22(28)29)26-24(31)32-14-20-18-11-7-5-9-16(18)17-10-6-8-12-19(17)20/h5-12,20-21H,13-15H2,1-4H3,(H,26,31)(H,28,29)/t21-/m0/s1. The van der Waals surface area contributed by atoms with Crippen LogP contribution in [-0.4, -0.2) is 66.4 Å². The molecule has 0 unspecified atom stereocenters. The molecular weight excluding hydrogens is 424 g/mol. The number of likely N-dealkylation sites (N-methyl/N-ethyl adjacent to an activating group) is 1. The number of hydrogen-bond acceptors (Lipinski definition) is 5. The molecule has 0 aromatic heterocycles. The SMILES string of the molecule is CN(CC(=O)O)C(=O)[C@H](COC(C)(C)C)NC(=O)OCC1c2ccccc2-c2ccccc21. The number of carboxylic acid groups (broad SMARTS) is 1. The number of carboxylic acids is 1. The van der Waals surface area contributed by atoms with E-state index >= 15 is 0 Å². The van der Waals surface area contributed by atoms with Gasteiger partial charge in [0.05, 0.1) is 12.2 Å². The maximum absolute atomic E-state index is 12.7. The van der Waals surface area contributed by atoms with E-state index in [2.05, 4.69) is 5.32 Å². The van der Waals surface area contributed by atoms with E-state index in [0.29, 0.717) is 0 Å². The Hall–Kier alpha value is -3.39. The van der Waals surface area contributed by atoms with Gasteiger partial charge in [0.15, 0.2) is 0 Å². The van der Waals surface area contributed by atoms with Crippen molar-refractivity contribution >= 4 is 18.0 Å². The highest BCUT2D eigenvalue weighted by atomic mass is 16.5. The van der Waals surface area contributed by atoms with Crippen LogP contribution in [0.15, 0.2) is 48.5 Å². The molecule has 0 spiro atoms. The second-order valence-corrected chi connectivity index (χ2v) is 9.03. The fourth-order valence-electron chi connectivity index (χ4n) is 3.84. The van der Waals surface area contributed by atoms with Crippen molar-refractivity contribution in [3.63, 3.8) is 0 Å². The van der Waals surface area contributed by atoms with Crippen molar-refractivity contribution in [1.29, 1.82) is 0 Å². The highest BCUT2D eigenvalue weighted by Gasteiger charge is 2.31. The van der Waals surface area contributed by atoms with Gasteiger partial charge in [-0.05, 0) is 43.0 Å². The van der Waals surface area contributed by atoms with Crippen molar-refractivity contribution in [2.45, 2.75) is 38.3 Å². The van der Waals surface area contributed by atoms with Crippen LogP contribution in [0.4, 0.5) is 4.79 Å². The van der Waals surface area contributed by atoms with E-state index in [1.807, 2.05) is 69.3 Å². The number of fused-ring (bicyclic) bond motifs is 3. The molecule has 1 aliphatic carbocycles. The maximum atomic E-state index is 12.7. The molecule has 2 aromatic rings. The molecule has 2 amide bonds. The van der Waals surface area contributed by atoms with Gasteiger partial charge in [-0.15, -0.1) is 0 Å². The Morgan fingerprint density at radius 1 is 1.03 bits per heavy atom. The summed E-state index contributed by atoms with van der Waals surface area (Å²) in [6, 6.07) is 14.9. The van der Waals surface area contributed by atoms with Crippen molar-refractivity contribution in [3.8, 4) is 11.1 Å². The Labute approximate surface area is 193 Å². The van der Waals surface area contributed by atoms with Crippen LogP contribution in [0, 0.1) is 0 Å². The van der Waals surface area contributed by atoms with Crippen LogP contribution in [0.1, 0.15) is 37.8 Å². The number of rotatable bonds is 8. The summed E-state index contributed by atoms with van der Waals surface area (Å²) in [5, 5.41) is 11.5. The third-order valence-corrected chi connectivity index (χ3v) is 5.37. The predicted octanol–water partition coefficient (Wildman–Crippen LogP) is 3.25. The number of hydrogen-bond donors (Lipinski definition) is 2. The first-order valence-corrected chi connectivity index (χ1v) is 10.8. The van der Waals surface area contributed by atoms with E-state index in [1.165, 1.54) is 7.05 Å². The lowest BCUT2D eigenvalue weighted by Gasteiger charge is -2.27. The summed E-state index contributed by atoms with van der Waals surface area (Å²) in [5.74, 6) is -1.84. The molecule has 0 heterocycles. The molecular formula is C25H30N2O6. The number of carbonyl (C=O) groups is 3. The Balaban J connectivity index is 1.69.